The number of carbonyl (C=O) groups is 1. The maximum atomic E-state index is 11.6. The van der Waals surface area contributed by atoms with Crippen molar-refractivity contribution < 1.29 is 19.4 Å². The van der Waals surface area contributed by atoms with E-state index in [4.69, 9.17) is 4.43 Å². The van der Waals surface area contributed by atoms with Crippen LogP contribution < -0.4 is 0 Å². The van der Waals surface area contributed by atoms with Gasteiger partial charge in [0.1, 0.15) is 0 Å². The van der Waals surface area contributed by atoms with Gasteiger partial charge in [0.2, 0.25) is 0 Å². The van der Waals surface area contributed by atoms with Crippen LogP contribution in [0.2, 0.25) is 18.1 Å². The van der Waals surface area contributed by atoms with Crippen molar-refractivity contribution >= 4 is 14.4 Å². The van der Waals surface area contributed by atoms with Gasteiger partial charge in [-0.2, -0.15) is 0 Å². The smallest absolute Gasteiger partial charge is 0.407 e. The van der Waals surface area contributed by atoms with Crippen LogP contribution in [0.25, 0.3) is 0 Å². The predicted octanol–water partition coefficient (Wildman–Crippen LogP) is 4.57. The number of nitrogens with zero attached hydrogens (tertiary/aromatic N) is 1. The molecule has 1 aliphatic heterocycles. The minimum absolute atomic E-state index is 0.0733. The predicted molar refractivity (Wildman–Crippen MR) is 107 cm³/mol. The average Bonchev–Trinajstić information content (AvgIpc) is 2.43. The van der Waals surface area contributed by atoms with Crippen LogP contribution >= 0.6 is 0 Å². The lowest BCUT2D eigenvalue weighted by Crippen LogP contribution is -2.71. The zero-order valence-corrected chi connectivity index (χ0v) is 19.0. The molecule has 6 heteroatoms. The van der Waals surface area contributed by atoms with Gasteiger partial charge in [-0.05, 0) is 42.8 Å². The van der Waals surface area contributed by atoms with Gasteiger partial charge in [-0.3, -0.25) is 0 Å². The third-order valence-electron chi connectivity index (χ3n) is 7.93. The van der Waals surface area contributed by atoms with E-state index in [1.165, 1.54) is 4.90 Å². The van der Waals surface area contributed by atoms with Crippen molar-refractivity contribution in [3.05, 3.63) is 0 Å². The first kappa shape index (κ1) is 21.7. The summed E-state index contributed by atoms with van der Waals surface area (Å²) in [4.78, 5) is 13.1. The van der Waals surface area contributed by atoms with Crippen LogP contribution in [0.1, 0.15) is 60.8 Å². The topological polar surface area (TPSA) is 70.0 Å². The molecule has 0 bridgehead atoms. The minimum Gasteiger partial charge on any atom is -0.465 e. The molecule has 1 spiro atoms. The van der Waals surface area contributed by atoms with Crippen molar-refractivity contribution in [2.45, 2.75) is 85.0 Å². The molecule has 1 aliphatic carbocycles. The number of likely N-dealkylation sites (tertiary alicyclic amines) is 1. The molecule has 5 nitrogen and oxygen atoms in total. The van der Waals surface area contributed by atoms with Crippen molar-refractivity contribution in [1.29, 1.82) is 0 Å². The molecular formula is C20H39NO4Si. The molecule has 1 amide bonds. The minimum atomic E-state index is -1.93. The van der Waals surface area contributed by atoms with E-state index in [2.05, 4.69) is 54.6 Å². The number of piperidine rings is 1. The van der Waals surface area contributed by atoms with E-state index in [1.807, 2.05) is 0 Å². The molecule has 0 aromatic rings. The van der Waals surface area contributed by atoms with E-state index >= 15 is 0 Å². The summed E-state index contributed by atoms with van der Waals surface area (Å²) in [6, 6.07) is 0. The fourth-order valence-corrected chi connectivity index (χ4v) is 5.82. The molecule has 2 rings (SSSR count). The third-order valence-corrected chi connectivity index (χ3v) is 12.4. The van der Waals surface area contributed by atoms with Gasteiger partial charge in [-0.25, -0.2) is 4.79 Å². The fourth-order valence-electron chi connectivity index (χ4n) is 4.78. The number of carboxylic acid groups (broad SMARTS) is 1. The van der Waals surface area contributed by atoms with E-state index in [0.717, 1.165) is 12.8 Å². The molecule has 2 N–H and O–H groups in total. The standard InChI is InChI=1S/C20H39NO4Si/c1-17(2,3)20(14-25-26(7,8)18(4,5)6)11-10-19(20)13-21(16(23)24)12-9-15(19)22/h15,22H,9-14H2,1-8H3,(H,23,24). The molecule has 1 heterocycles. The van der Waals surface area contributed by atoms with Gasteiger partial charge in [0.05, 0.1) is 6.10 Å². The van der Waals surface area contributed by atoms with E-state index in [9.17, 15) is 15.0 Å². The Morgan fingerprint density at radius 2 is 1.77 bits per heavy atom. The molecule has 2 fully saturated rings. The van der Waals surface area contributed by atoms with Crippen molar-refractivity contribution in [3.8, 4) is 0 Å². The van der Waals surface area contributed by atoms with Gasteiger partial charge in [0.25, 0.3) is 0 Å². The summed E-state index contributed by atoms with van der Waals surface area (Å²) in [5.41, 5.74) is -0.677. The Morgan fingerprint density at radius 3 is 2.15 bits per heavy atom. The number of aliphatic hydroxyl groups is 1. The lowest BCUT2D eigenvalue weighted by molar-refractivity contribution is -0.244. The normalized spacial score (nSPS) is 33.3. The summed E-state index contributed by atoms with van der Waals surface area (Å²) in [6.07, 6.45) is 1.03. The zero-order chi connectivity index (χ0) is 20.2. The largest absolute Gasteiger partial charge is 0.465 e. The van der Waals surface area contributed by atoms with Crippen LogP contribution in [0.4, 0.5) is 4.79 Å². The van der Waals surface area contributed by atoms with E-state index < -0.39 is 25.9 Å². The first-order chi connectivity index (χ1) is 11.6. The summed E-state index contributed by atoms with van der Waals surface area (Å²) in [5, 5.41) is 20.7. The number of amides is 1. The summed E-state index contributed by atoms with van der Waals surface area (Å²) < 4.78 is 6.66. The quantitative estimate of drug-likeness (QED) is 0.698. The lowest BCUT2D eigenvalue weighted by atomic mass is 9.39. The van der Waals surface area contributed by atoms with Gasteiger partial charge >= 0.3 is 6.09 Å². The van der Waals surface area contributed by atoms with Gasteiger partial charge < -0.3 is 19.5 Å². The van der Waals surface area contributed by atoms with Crippen LogP contribution in [-0.4, -0.2) is 55.3 Å². The molecule has 0 radical (unpaired) electrons. The molecule has 1 saturated heterocycles. The Morgan fingerprint density at radius 1 is 1.19 bits per heavy atom. The van der Waals surface area contributed by atoms with Crippen LogP contribution in [0, 0.1) is 16.2 Å². The Balaban J connectivity index is 2.37. The van der Waals surface area contributed by atoms with Crippen molar-refractivity contribution in [2.75, 3.05) is 19.7 Å². The van der Waals surface area contributed by atoms with Gasteiger partial charge in [0.15, 0.2) is 8.32 Å². The second-order valence-electron chi connectivity index (χ2n) is 11.0. The highest BCUT2D eigenvalue weighted by Crippen LogP contribution is 2.68. The zero-order valence-electron chi connectivity index (χ0n) is 18.0. The Labute approximate surface area is 160 Å². The van der Waals surface area contributed by atoms with Crippen molar-refractivity contribution in [2.24, 2.45) is 16.2 Å². The highest BCUT2D eigenvalue weighted by molar-refractivity contribution is 6.74. The molecule has 0 aromatic heterocycles. The van der Waals surface area contributed by atoms with Gasteiger partial charge in [-0.15, -0.1) is 0 Å². The Kier molecular flexibility index (Phi) is 5.41. The molecule has 3 atom stereocenters. The molecule has 0 aromatic carbocycles. The second kappa shape index (κ2) is 6.49. The molecule has 1 saturated carbocycles. The maximum absolute atomic E-state index is 11.6. The summed E-state index contributed by atoms with van der Waals surface area (Å²) in [5.74, 6) is 0. The van der Waals surface area contributed by atoms with E-state index in [0.29, 0.717) is 26.1 Å². The van der Waals surface area contributed by atoms with Crippen LogP contribution in [0.5, 0.6) is 0 Å². The Bertz CT molecular complexity index is 551. The first-order valence-electron chi connectivity index (χ1n) is 9.90. The number of hydrogen-bond acceptors (Lipinski definition) is 3. The molecule has 3 unspecified atom stereocenters. The third kappa shape index (κ3) is 3.22. The number of aliphatic hydroxyl groups excluding tert-OH is 1. The first-order valence-corrected chi connectivity index (χ1v) is 12.8. The summed E-state index contributed by atoms with van der Waals surface area (Å²) >= 11 is 0. The van der Waals surface area contributed by atoms with Crippen LogP contribution in [-0.2, 0) is 4.43 Å². The second-order valence-corrected chi connectivity index (χ2v) is 15.9. The number of rotatable bonds is 3. The van der Waals surface area contributed by atoms with Crippen LogP contribution in [0.15, 0.2) is 0 Å². The highest BCUT2D eigenvalue weighted by atomic mass is 28.4. The monoisotopic (exact) mass is 385 g/mol. The fraction of sp³-hybridized carbons (Fsp3) is 0.950. The molecule has 152 valence electrons. The van der Waals surface area contributed by atoms with E-state index in [1.54, 1.807) is 0 Å². The van der Waals surface area contributed by atoms with Crippen molar-refractivity contribution in [3.63, 3.8) is 0 Å². The van der Waals surface area contributed by atoms with E-state index in [-0.39, 0.29) is 15.9 Å². The maximum Gasteiger partial charge on any atom is 0.407 e. The summed E-state index contributed by atoms with van der Waals surface area (Å²) in [7, 11) is -1.93. The van der Waals surface area contributed by atoms with Gasteiger partial charge in [-0.1, -0.05) is 41.5 Å². The summed E-state index contributed by atoms with van der Waals surface area (Å²) in [6.45, 7) is 19.3. The number of hydrogen-bond donors (Lipinski definition) is 2. The molecular weight excluding hydrogens is 346 g/mol. The molecule has 26 heavy (non-hydrogen) atoms. The van der Waals surface area contributed by atoms with Crippen LogP contribution in [0.3, 0.4) is 0 Å². The van der Waals surface area contributed by atoms with Crippen molar-refractivity contribution in [1.82, 2.24) is 4.90 Å². The SMILES string of the molecule is CC(C)(C)C1(CO[Si](C)(C)C(C)(C)C)CCC12CN(C(=O)O)CCC2O. The highest BCUT2D eigenvalue weighted by Gasteiger charge is 2.68. The molecule has 2 aliphatic rings. The van der Waals surface area contributed by atoms with Gasteiger partial charge in [0, 0.05) is 30.5 Å². The lowest BCUT2D eigenvalue weighted by Gasteiger charge is -2.69. The Hall–Kier alpha value is -0.593. The average molecular weight is 386 g/mol.